The van der Waals surface area contributed by atoms with Crippen LogP contribution in [-0.2, 0) is 23.2 Å². The van der Waals surface area contributed by atoms with Crippen molar-refractivity contribution in [3.63, 3.8) is 0 Å². The van der Waals surface area contributed by atoms with Crippen LogP contribution in [0.15, 0.2) is 0 Å². The van der Waals surface area contributed by atoms with E-state index in [1.807, 2.05) is 0 Å². The molecule has 0 spiro atoms. The predicted molar refractivity (Wildman–Crippen MR) is 66.2 cm³/mol. The maximum atomic E-state index is 6.27. The van der Waals surface area contributed by atoms with Crippen molar-refractivity contribution in [1.82, 2.24) is 9.97 Å². The Hall–Kier alpha value is -0.670. The van der Waals surface area contributed by atoms with Crippen molar-refractivity contribution in [2.45, 2.75) is 50.5 Å². The summed E-state index contributed by atoms with van der Waals surface area (Å²) in [6.07, 6.45) is 7.60. The lowest BCUT2D eigenvalue weighted by Gasteiger charge is -2.26. The number of nitrogens with zero attached hydrogens (tertiary/aromatic N) is 2. The van der Waals surface area contributed by atoms with E-state index < -0.39 is 0 Å². The first-order valence-corrected chi connectivity index (χ1v) is 6.74. The van der Waals surface area contributed by atoms with Crippen molar-refractivity contribution in [2.24, 2.45) is 0 Å². The Balaban J connectivity index is 2.06. The average Bonchev–Trinajstić information content (AvgIpc) is 2.98. The van der Waals surface area contributed by atoms with E-state index in [0.29, 0.717) is 5.15 Å². The van der Waals surface area contributed by atoms with Gasteiger partial charge in [0.05, 0.1) is 0 Å². The minimum Gasteiger partial charge on any atom is -0.370 e. The molecular formula is C13H17ClN2O. The molecule has 0 radical (unpaired) electrons. The Bertz CT molecular complexity index is 441. The van der Waals surface area contributed by atoms with E-state index in [1.165, 1.54) is 12.8 Å². The fourth-order valence-corrected chi connectivity index (χ4v) is 3.34. The monoisotopic (exact) mass is 252 g/mol. The molecule has 4 heteroatoms. The number of hydrogen-bond donors (Lipinski definition) is 0. The molecule has 0 aromatic carbocycles. The van der Waals surface area contributed by atoms with Crippen molar-refractivity contribution in [3.8, 4) is 0 Å². The Morgan fingerprint density at radius 3 is 2.59 bits per heavy atom. The SMILES string of the molecule is COC1(c2nc(Cl)c3c(n2)CCC3)CCCC1. The summed E-state index contributed by atoms with van der Waals surface area (Å²) < 4.78 is 5.72. The molecule has 1 saturated carbocycles. The molecular weight excluding hydrogens is 236 g/mol. The van der Waals surface area contributed by atoms with Crippen molar-refractivity contribution in [1.29, 1.82) is 0 Å². The number of aromatic nitrogens is 2. The minimum absolute atomic E-state index is 0.277. The van der Waals surface area contributed by atoms with E-state index in [9.17, 15) is 0 Å². The zero-order valence-electron chi connectivity index (χ0n) is 10.1. The molecule has 3 nitrogen and oxygen atoms in total. The lowest BCUT2D eigenvalue weighted by atomic mass is 10.0. The number of methoxy groups -OCH3 is 1. The summed E-state index contributed by atoms with van der Waals surface area (Å²) in [4.78, 5) is 9.22. The van der Waals surface area contributed by atoms with Crippen molar-refractivity contribution < 1.29 is 4.74 Å². The van der Waals surface area contributed by atoms with Crippen LogP contribution in [0.2, 0.25) is 5.15 Å². The molecule has 0 aliphatic heterocycles. The molecule has 92 valence electrons. The average molecular weight is 253 g/mol. The standard InChI is InChI=1S/C13H17ClN2O/c1-17-13(7-2-3-8-13)12-15-10-6-4-5-9(10)11(14)16-12/h2-8H2,1H3. The number of ether oxygens (including phenoxy) is 1. The van der Waals surface area contributed by atoms with Crippen LogP contribution in [0, 0.1) is 0 Å². The summed E-state index contributed by atoms with van der Waals surface area (Å²) in [6, 6.07) is 0. The summed E-state index contributed by atoms with van der Waals surface area (Å²) in [5, 5.41) is 0.644. The van der Waals surface area contributed by atoms with E-state index in [1.54, 1.807) is 7.11 Å². The van der Waals surface area contributed by atoms with Crippen molar-refractivity contribution in [2.75, 3.05) is 7.11 Å². The molecule has 1 aromatic rings. The molecule has 1 heterocycles. The van der Waals surface area contributed by atoms with Gasteiger partial charge in [-0.2, -0.15) is 0 Å². The highest BCUT2D eigenvalue weighted by molar-refractivity contribution is 6.30. The Morgan fingerprint density at radius 2 is 1.88 bits per heavy atom. The predicted octanol–water partition coefficient (Wildman–Crippen LogP) is 3.03. The first kappa shape index (κ1) is 11.4. The topological polar surface area (TPSA) is 35.0 Å². The maximum Gasteiger partial charge on any atom is 0.162 e. The Kier molecular flexibility index (Phi) is 2.83. The third-order valence-electron chi connectivity index (χ3n) is 4.09. The van der Waals surface area contributed by atoms with Crippen LogP contribution in [0.1, 0.15) is 49.2 Å². The highest BCUT2D eigenvalue weighted by Gasteiger charge is 2.39. The molecule has 0 saturated heterocycles. The second-order valence-corrected chi connectivity index (χ2v) is 5.38. The number of fused-ring (bicyclic) bond motifs is 1. The fraction of sp³-hybridized carbons (Fsp3) is 0.692. The third-order valence-corrected chi connectivity index (χ3v) is 4.40. The van der Waals surface area contributed by atoms with E-state index in [0.717, 1.165) is 49.2 Å². The van der Waals surface area contributed by atoms with Crippen LogP contribution in [-0.4, -0.2) is 17.1 Å². The molecule has 2 aliphatic rings. The summed E-state index contributed by atoms with van der Waals surface area (Å²) in [6.45, 7) is 0. The number of halogens is 1. The molecule has 1 fully saturated rings. The highest BCUT2D eigenvalue weighted by Crippen LogP contribution is 2.41. The molecule has 0 N–H and O–H groups in total. The van der Waals surface area contributed by atoms with Gasteiger partial charge < -0.3 is 4.74 Å². The van der Waals surface area contributed by atoms with E-state index in [2.05, 4.69) is 4.98 Å². The lowest BCUT2D eigenvalue weighted by Crippen LogP contribution is -2.28. The molecule has 17 heavy (non-hydrogen) atoms. The Morgan fingerprint density at radius 1 is 1.12 bits per heavy atom. The number of aryl methyl sites for hydroxylation is 1. The lowest BCUT2D eigenvalue weighted by molar-refractivity contribution is -0.0164. The molecule has 2 aliphatic carbocycles. The van der Waals surface area contributed by atoms with E-state index in [4.69, 9.17) is 21.3 Å². The zero-order chi connectivity index (χ0) is 11.9. The van der Waals surface area contributed by atoms with Crippen LogP contribution in [0.3, 0.4) is 0 Å². The normalized spacial score (nSPS) is 21.8. The van der Waals surface area contributed by atoms with Gasteiger partial charge in [-0.05, 0) is 44.9 Å². The number of hydrogen-bond acceptors (Lipinski definition) is 3. The minimum atomic E-state index is -0.277. The molecule has 0 atom stereocenters. The van der Waals surface area contributed by atoms with Crippen molar-refractivity contribution in [3.05, 3.63) is 22.2 Å². The van der Waals surface area contributed by atoms with Gasteiger partial charge in [0.2, 0.25) is 0 Å². The van der Waals surface area contributed by atoms with Crippen LogP contribution in [0.5, 0.6) is 0 Å². The quantitative estimate of drug-likeness (QED) is 0.759. The van der Waals surface area contributed by atoms with Gasteiger partial charge in [-0.25, -0.2) is 9.97 Å². The van der Waals surface area contributed by atoms with Crippen LogP contribution >= 0.6 is 11.6 Å². The summed E-state index contributed by atoms with van der Waals surface area (Å²) in [5.41, 5.74) is 2.02. The molecule has 0 unspecified atom stereocenters. The van der Waals surface area contributed by atoms with Gasteiger partial charge in [0, 0.05) is 18.4 Å². The van der Waals surface area contributed by atoms with Gasteiger partial charge in [-0.15, -0.1) is 0 Å². The van der Waals surface area contributed by atoms with Crippen LogP contribution in [0.25, 0.3) is 0 Å². The summed E-state index contributed by atoms with van der Waals surface area (Å²) in [7, 11) is 1.76. The number of rotatable bonds is 2. The first-order chi connectivity index (χ1) is 8.25. The van der Waals surface area contributed by atoms with Gasteiger partial charge in [0.15, 0.2) is 5.82 Å². The first-order valence-electron chi connectivity index (χ1n) is 6.36. The maximum absolute atomic E-state index is 6.27. The summed E-state index contributed by atoms with van der Waals surface area (Å²) in [5.74, 6) is 0.808. The largest absolute Gasteiger partial charge is 0.370 e. The zero-order valence-corrected chi connectivity index (χ0v) is 10.9. The molecule has 1 aromatic heterocycles. The molecule has 0 amide bonds. The van der Waals surface area contributed by atoms with E-state index >= 15 is 0 Å². The van der Waals surface area contributed by atoms with Gasteiger partial charge in [0.25, 0.3) is 0 Å². The highest BCUT2D eigenvalue weighted by atomic mass is 35.5. The smallest absolute Gasteiger partial charge is 0.162 e. The molecule has 0 bridgehead atoms. The van der Waals surface area contributed by atoms with Gasteiger partial charge in [0.1, 0.15) is 10.8 Å². The van der Waals surface area contributed by atoms with Gasteiger partial charge in [-0.1, -0.05) is 11.6 Å². The van der Waals surface area contributed by atoms with Crippen LogP contribution in [0.4, 0.5) is 0 Å². The summed E-state index contributed by atoms with van der Waals surface area (Å²) >= 11 is 6.27. The van der Waals surface area contributed by atoms with Crippen LogP contribution < -0.4 is 0 Å². The third kappa shape index (κ3) is 1.76. The van der Waals surface area contributed by atoms with Gasteiger partial charge in [-0.3, -0.25) is 0 Å². The Labute approximate surface area is 107 Å². The molecule has 3 rings (SSSR count). The fourth-order valence-electron chi connectivity index (χ4n) is 3.06. The second kappa shape index (κ2) is 4.21. The van der Waals surface area contributed by atoms with Crippen molar-refractivity contribution >= 4 is 11.6 Å². The second-order valence-electron chi connectivity index (χ2n) is 5.02. The van der Waals surface area contributed by atoms with E-state index in [-0.39, 0.29) is 5.60 Å². The van der Waals surface area contributed by atoms with Gasteiger partial charge >= 0.3 is 0 Å².